The van der Waals surface area contributed by atoms with E-state index in [0.29, 0.717) is 16.4 Å². The van der Waals surface area contributed by atoms with Crippen molar-refractivity contribution >= 4 is 17.6 Å². The van der Waals surface area contributed by atoms with Crippen LogP contribution in [-0.4, -0.2) is 21.1 Å². The van der Waals surface area contributed by atoms with Gasteiger partial charge < -0.3 is 9.26 Å². The van der Waals surface area contributed by atoms with Gasteiger partial charge in [-0.2, -0.15) is 4.98 Å². The molecule has 0 atom stereocenters. The zero-order chi connectivity index (χ0) is 16.2. The number of hydrogen-bond donors (Lipinski definition) is 0. The standard InChI is InChI=1S/C16H12ClN3O3/c1-10-2-3-12(8-18-10)16(21)22-9-14-19-15(20-23-14)11-4-6-13(17)7-5-11/h2-8H,9H2,1H3. The van der Waals surface area contributed by atoms with E-state index < -0.39 is 5.97 Å². The highest BCUT2D eigenvalue weighted by Gasteiger charge is 2.12. The van der Waals surface area contributed by atoms with Crippen LogP contribution in [0.5, 0.6) is 0 Å². The van der Waals surface area contributed by atoms with Gasteiger partial charge in [-0.05, 0) is 43.3 Å². The van der Waals surface area contributed by atoms with Gasteiger partial charge in [0.1, 0.15) is 0 Å². The molecule has 0 unspecified atom stereocenters. The lowest BCUT2D eigenvalue weighted by Gasteiger charge is -2.01. The second-order valence-electron chi connectivity index (χ2n) is 4.78. The zero-order valence-electron chi connectivity index (χ0n) is 12.2. The van der Waals surface area contributed by atoms with Gasteiger partial charge in [-0.3, -0.25) is 4.98 Å². The molecule has 0 aliphatic heterocycles. The van der Waals surface area contributed by atoms with Crippen LogP contribution in [0.1, 0.15) is 21.9 Å². The molecule has 0 aliphatic rings. The Hall–Kier alpha value is -2.73. The highest BCUT2D eigenvalue weighted by atomic mass is 35.5. The lowest BCUT2D eigenvalue weighted by molar-refractivity contribution is 0.0429. The van der Waals surface area contributed by atoms with Crippen molar-refractivity contribution in [3.8, 4) is 11.4 Å². The van der Waals surface area contributed by atoms with E-state index in [2.05, 4.69) is 15.1 Å². The van der Waals surface area contributed by atoms with Gasteiger partial charge in [-0.15, -0.1) is 0 Å². The Morgan fingerprint density at radius 1 is 1.22 bits per heavy atom. The van der Waals surface area contributed by atoms with Gasteiger partial charge in [0.15, 0.2) is 6.61 Å². The van der Waals surface area contributed by atoms with Crippen LogP contribution in [0.25, 0.3) is 11.4 Å². The molecule has 3 aromatic rings. The molecule has 3 rings (SSSR count). The summed E-state index contributed by atoms with van der Waals surface area (Å²) < 4.78 is 10.2. The van der Waals surface area contributed by atoms with E-state index in [1.54, 1.807) is 36.4 Å². The summed E-state index contributed by atoms with van der Waals surface area (Å²) in [6, 6.07) is 10.4. The molecule has 0 fully saturated rings. The van der Waals surface area contributed by atoms with E-state index in [1.165, 1.54) is 6.20 Å². The van der Waals surface area contributed by atoms with Crippen molar-refractivity contribution < 1.29 is 14.1 Å². The maximum Gasteiger partial charge on any atom is 0.340 e. The minimum absolute atomic E-state index is 0.104. The van der Waals surface area contributed by atoms with E-state index >= 15 is 0 Å². The van der Waals surface area contributed by atoms with Gasteiger partial charge in [0.05, 0.1) is 5.56 Å². The van der Waals surface area contributed by atoms with Crippen molar-refractivity contribution in [1.82, 2.24) is 15.1 Å². The topological polar surface area (TPSA) is 78.1 Å². The van der Waals surface area contributed by atoms with Gasteiger partial charge in [0.25, 0.3) is 5.89 Å². The number of pyridine rings is 1. The molecule has 0 bridgehead atoms. The monoisotopic (exact) mass is 329 g/mol. The van der Waals surface area contributed by atoms with Gasteiger partial charge in [0, 0.05) is 22.5 Å². The third-order valence-electron chi connectivity index (χ3n) is 3.04. The Morgan fingerprint density at radius 2 is 2.00 bits per heavy atom. The first kappa shape index (κ1) is 15.2. The number of aryl methyl sites for hydroxylation is 1. The number of rotatable bonds is 4. The molecule has 0 saturated carbocycles. The first-order valence-corrected chi connectivity index (χ1v) is 7.18. The van der Waals surface area contributed by atoms with Gasteiger partial charge >= 0.3 is 5.97 Å². The lowest BCUT2D eigenvalue weighted by atomic mass is 10.2. The third kappa shape index (κ3) is 3.73. The van der Waals surface area contributed by atoms with Crippen LogP contribution < -0.4 is 0 Å². The fraction of sp³-hybridized carbons (Fsp3) is 0.125. The second-order valence-corrected chi connectivity index (χ2v) is 5.22. The Kier molecular flexibility index (Phi) is 4.34. The summed E-state index contributed by atoms with van der Waals surface area (Å²) in [7, 11) is 0. The quantitative estimate of drug-likeness (QED) is 0.682. The Bertz CT molecular complexity index is 813. The molecule has 0 radical (unpaired) electrons. The predicted molar refractivity (Wildman–Crippen MR) is 82.8 cm³/mol. The molecule has 0 spiro atoms. The number of carbonyl (C=O) groups is 1. The van der Waals surface area contributed by atoms with E-state index in [1.807, 2.05) is 6.92 Å². The predicted octanol–water partition coefficient (Wildman–Crippen LogP) is 3.45. The first-order valence-electron chi connectivity index (χ1n) is 6.80. The number of carbonyl (C=O) groups excluding carboxylic acids is 1. The zero-order valence-corrected chi connectivity index (χ0v) is 12.9. The average Bonchev–Trinajstić information content (AvgIpc) is 3.03. The summed E-state index contributed by atoms with van der Waals surface area (Å²) in [4.78, 5) is 20.1. The molecule has 6 nitrogen and oxygen atoms in total. The number of benzene rings is 1. The molecule has 23 heavy (non-hydrogen) atoms. The normalized spacial score (nSPS) is 10.5. The summed E-state index contributed by atoms with van der Waals surface area (Å²) in [6.45, 7) is 1.74. The van der Waals surface area contributed by atoms with Gasteiger partial charge in [-0.25, -0.2) is 4.79 Å². The Morgan fingerprint density at radius 3 is 2.70 bits per heavy atom. The number of esters is 1. The van der Waals surface area contributed by atoms with E-state index in [9.17, 15) is 4.79 Å². The lowest BCUT2D eigenvalue weighted by Crippen LogP contribution is -2.06. The van der Waals surface area contributed by atoms with Crippen molar-refractivity contribution in [2.45, 2.75) is 13.5 Å². The Labute approximate surface area is 137 Å². The molecule has 116 valence electrons. The molecule has 0 aliphatic carbocycles. The molecule has 0 amide bonds. The molecular weight excluding hydrogens is 318 g/mol. The first-order chi connectivity index (χ1) is 11.1. The van der Waals surface area contributed by atoms with Crippen molar-refractivity contribution in [1.29, 1.82) is 0 Å². The number of halogens is 1. The minimum atomic E-state index is -0.497. The maximum atomic E-state index is 11.9. The van der Waals surface area contributed by atoms with Crippen molar-refractivity contribution in [2.75, 3.05) is 0 Å². The molecule has 7 heteroatoms. The van der Waals surface area contributed by atoms with Gasteiger partial charge in [-0.1, -0.05) is 16.8 Å². The van der Waals surface area contributed by atoms with Crippen molar-refractivity contribution in [2.24, 2.45) is 0 Å². The second kappa shape index (κ2) is 6.58. The fourth-order valence-electron chi connectivity index (χ4n) is 1.83. The average molecular weight is 330 g/mol. The SMILES string of the molecule is Cc1ccc(C(=O)OCc2nc(-c3ccc(Cl)cc3)no2)cn1. The van der Waals surface area contributed by atoms with E-state index in [0.717, 1.165) is 11.3 Å². The summed E-state index contributed by atoms with van der Waals surface area (Å²) in [5.74, 6) is 0.122. The summed E-state index contributed by atoms with van der Waals surface area (Å²) >= 11 is 5.83. The molecule has 0 N–H and O–H groups in total. The molecule has 2 aromatic heterocycles. The number of ether oxygens (including phenoxy) is 1. The fourth-order valence-corrected chi connectivity index (χ4v) is 1.95. The van der Waals surface area contributed by atoms with Crippen LogP contribution in [0.4, 0.5) is 0 Å². The third-order valence-corrected chi connectivity index (χ3v) is 3.30. The van der Waals surface area contributed by atoms with Crippen molar-refractivity contribution in [3.05, 3.63) is 64.8 Å². The molecule has 2 heterocycles. The van der Waals surface area contributed by atoms with E-state index in [4.69, 9.17) is 20.9 Å². The summed E-state index contributed by atoms with van der Waals surface area (Å²) in [5, 5.41) is 4.47. The highest BCUT2D eigenvalue weighted by molar-refractivity contribution is 6.30. The van der Waals surface area contributed by atoms with Gasteiger partial charge in [0.2, 0.25) is 5.82 Å². The number of hydrogen-bond acceptors (Lipinski definition) is 6. The van der Waals surface area contributed by atoms with E-state index in [-0.39, 0.29) is 12.5 Å². The van der Waals surface area contributed by atoms with Crippen LogP contribution in [0.2, 0.25) is 5.02 Å². The van der Waals surface area contributed by atoms with Crippen LogP contribution in [-0.2, 0) is 11.3 Å². The maximum absolute atomic E-state index is 11.9. The minimum Gasteiger partial charge on any atom is -0.452 e. The van der Waals surface area contributed by atoms with Crippen LogP contribution in [0.15, 0.2) is 47.1 Å². The summed E-state index contributed by atoms with van der Waals surface area (Å²) in [6.07, 6.45) is 1.46. The molecular formula is C16H12ClN3O3. The highest BCUT2D eigenvalue weighted by Crippen LogP contribution is 2.19. The molecule has 1 aromatic carbocycles. The largest absolute Gasteiger partial charge is 0.452 e. The van der Waals surface area contributed by atoms with Crippen LogP contribution >= 0.6 is 11.6 Å². The molecule has 0 saturated heterocycles. The van der Waals surface area contributed by atoms with Crippen molar-refractivity contribution in [3.63, 3.8) is 0 Å². The number of aromatic nitrogens is 3. The smallest absolute Gasteiger partial charge is 0.340 e. The van der Waals surface area contributed by atoms with Crippen LogP contribution in [0.3, 0.4) is 0 Å². The summed E-state index contributed by atoms with van der Waals surface area (Å²) in [5.41, 5.74) is 1.96. The number of nitrogens with zero attached hydrogens (tertiary/aromatic N) is 3. The Balaban J connectivity index is 1.64. The van der Waals surface area contributed by atoms with Crippen LogP contribution in [0, 0.1) is 6.92 Å².